The Balaban J connectivity index is 1.60. The predicted molar refractivity (Wildman–Crippen MR) is 114 cm³/mol. The lowest BCUT2D eigenvalue weighted by Gasteiger charge is -2.23. The molecule has 2 N–H and O–H groups in total. The number of hydrazone groups is 1. The minimum Gasteiger partial charge on any atom is -0.478 e. The second-order valence-corrected chi connectivity index (χ2v) is 6.34. The number of hydrogen-bond donors (Lipinski definition) is 2. The Kier molecular flexibility index (Phi) is 6.41. The molecule has 0 aromatic heterocycles. The van der Waals surface area contributed by atoms with Crippen LogP contribution in [0.25, 0.3) is 0 Å². The summed E-state index contributed by atoms with van der Waals surface area (Å²) >= 11 is 0. The molecule has 3 aromatic carbocycles. The Bertz CT molecular complexity index is 920. The molecule has 0 unspecified atom stereocenters. The van der Waals surface area contributed by atoms with Crippen molar-refractivity contribution < 1.29 is 9.90 Å². The first-order valence-corrected chi connectivity index (χ1v) is 9.17. The Labute approximate surface area is 165 Å². The van der Waals surface area contributed by atoms with Crippen molar-refractivity contribution >= 4 is 23.6 Å². The molecule has 0 aliphatic rings. The van der Waals surface area contributed by atoms with Gasteiger partial charge in [0.05, 0.1) is 17.5 Å². The fraction of sp³-hybridized carbons (Fsp3) is 0.130. The predicted octanol–water partition coefficient (Wildman–Crippen LogP) is 4.86. The molecule has 5 nitrogen and oxygen atoms in total. The van der Waals surface area contributed by atoms with E-state index < -0.39 is 5.97 Å². The van der Waals surface area contributed by atoms with Gasteiger partial charge in [0.1, 0.15) is 0 Å². The van der Waals surface area contributed by atoms with E-state index in [1.54, 1.807) is 30.5 Å². The van der Waals surface area contributed by atoms with Gasteiger partial charge in [0, 0.05) is 18.8 Å². The maximum atomic E-state index is 10.9. The molecule has 0 amide bonds. The highest BCUT2D eigenvalue weighted by Gasteiger charge is 2.05. The highest BCUT2D eigenvalue weighted by Crippen LogP contribution is 2.17. The lowest BCUT2D eigenvalue weighted by molar-refractivity contribution is 0.0697. The van der Waals surface area contributed by atoms with E-state index >= 15 is 0 Å². The molecular formula is C23H23N3O2. The van der Waals surface area contributed by atoms with Crippen molar-refractivity contribution in [1.82, 2.24) is 0 Å². The number of hydrogen-bond acceptors (Lipinski definition) is 4. The molecule has 28 heavy (non-hydrogen) atoms. The lowest BCUT2D eigenvalue weighted by atomic mass is 10.1. The quantitative estimate of drug-likeness (QED) is 0.437. The van der Waals surface area contributed by atoms with Crippen LogP contribution in [0.4, 0.5) is 11.4 Å². The van der Waals surface area contributed by atoms with Crippen molar-refractivity contribution in [2.45, 2.75) is 13.5 Å². The van der Waals surface area contributed by atoms with E-state index in [0.717, 1.165) is 24.3 Å². The summed E-state index contributed by atoms with van der Waals surface area (Å²) in [6.07, 6.45) is 1.74. The number of nitrogens with one attached hydrogen (secondary N) is 1. The van der Waals surface area contributed by atoms with Gasteiger partial charge in [0.2, 0.25) is 0 Å². The summed E-state index contributed by atoms with van der Waals surface area (Å²) in [7, 11) is 0. The molecule has 0 radical (unpaired) electrons. The summed E-state index contributed by atoms with van der Waals surface area (Å²) in [6, 6.07) is 25.1. The van der Waals surface area contributed by atoms with Crippen molar-refractivity contribution in [1.29, 1.82) is 0 Å². The number of nitrogens with zero attached hydrogens (tertiary/aromatic N) is 2. The lowest BCUT2D eigenvalue weighted by Crippen LogP contribution is -2.21. The van der Waals surface area contributed by atoms with E-state index in [2.05, 4.69) is 58.7 Å². The first-order valence-electron chi connectivity index (χ1n) is 9.17. The Morgan fingerprint density at radius 1 is 1.00 bits per heavy atom. The van der Waals surface area contributed by atoms with Gasteiger partial charge in [-0.1, -0.05) is 42.5 Å². The van der Waals surface area contributed by atoms with Gasteiger partial charge in [-0.15, -0.1) is 0 Å². The normalized spacial score (nSPS) is 10.8. The smallest absolute Gasteiger partial charge is 0.335 e. The second-order valence-electron chi connectivity index (χ2n) is 6.34. The summed E-state index contributed by atoms with van der Waals surface area (Å²) < 4.78 is 0. The van der Waals surface area contributed by atoms with Gasteiger partial charge in [0.25, 0.3) is 0 Å². The third kappa shape index (κ3) is 5.20. The van der Waals surface area contributed by atoms with Gasteiger partial charge in [0.15, 0.2) is 0 Å². The average molecular weight is 373 g/mol. The summed E-state index contributed by atoms with van der Waals surface area (Å²) in [6.45, 7) is 3.95. The fourth-order valence-corrected chi connectivity index (χ4v) is 2.83. The number of benzene rings is 3. The van der Waals surface area contributed by atoms with Crippen LogP contribution < -0.4 is 10.3 Å². The van der Waals surface area contributed by atoms with Gasteiger partial charge in [-0.3, -0.25) is 5.43 Å². The SMILES string of the molecule is CCN(Cc1ccccc1)c1ccc(/C=N\Nc2ccc(C(=O)O)cc2)cc1. The van der Waals surface area contributed by atoms with Crippen LogP contribution in [0.15, 0.2) is 84.0 Å². The van der Waals surface area contributed by atoms with Crippen LogP contribution in [-0.4, -0.2) is 23.8 Å². The first-order chi connectivity index (χ1) is 13.7. The minimum absolute atomic E-state index is 0.251. The van der Waals surface area contributed by atoms with E-state index in [9.17, 15) is 4.79 Å². The highest BCUT2D eigenvalue weighted by molar-refractivity contribution is 5.88. The van der Waals surface area contributed by atoms with Crippen molar-refractivity contribution in [2.24, 2.45) is 5.10 Å². The molecule has 0 aliphatic carbocycles. The summed E-state index contributed by atoms with van der Waals surface area (Å²) in [5, 5.41) is 13.1. The minimum atomic E-state index is -0.941. The number of carbonyl (C=O) groups is 1. The first kappa shape index (κ1) is 19.2. The van der Waals surface area contributed by atoms with Gasteiger partial charge in [-0.2, -0.15) is 5.10 Å². The van der Waals surface area contributed by atoms with Crippen LogP contribution in [0, 0.1) is 0 Å². The van der Waals surface area contributed by atoms with Crippen LogP contribution in [0.3, 0.4) is 0 Å². The van der Waals surface area contributed by atoms with E-state index in [-0.39, 0.29) is 5.56 Å². The molecule has 3 rings (SSSR count). The van der Waals surface area contributed by atoms with Crippen LogP contribution in [0.2, 0.25) is 0 Å². The maximum Gasteiger partial charge on any atom is 0.335 e. The summed E-state index contributed by atoms with van der Waals surface area (Å²) in [4.78, 5) is 13.2. The van der Waals surface area contributed by atoms with Gasteiger partial charge >= 0.3 is 5.97 Å². The molecule has 0 bridgehead atoms. The summed E-state index contributed by atoms with van der Waals surface area (Å²) in [5.74, 6) is -0.941. The second kappa shape index (κ2) is 9.37. The number of aromatic carboxylic acids is 1. The molecular weight excluding hydrogens is 350 g/mol. The van der Waals surface area contributed by atoms with Crippen molar-refractivity contribution in [3.63, 3.8) is 0 Å². The zero-order valence-corrected chi connectivity index (χ0v) is 15.7. The van der Waals surface area contributed by atoms with E-state index in [4.69, 9.17) is 5.11 Å². The van der Waals surface area contributed by atoms with Gasteiger partial charge in [-0.05, 0) is 54.4 Å². The van der Waals surface area contributed by atoms with E-state index in [0.29, 0.717) is 0 Å². The molecule has 0 heterocycles. The maximum absolute atomic E-state index is 10.9. The van der Waals surface area contributed by atoms with Crippen LogP contribution >= 0.6 is 0 Å². The number of carboxylic acid groups (broad SMARTS) is 1. The van der Waals surface area contributed by atoms with Crippen molar-refractivity contribution in [2.75, 3.05) is 16.9 Å². The van der Waals surface area contributed by atoms with Crippen molar-refractivity contribution in [3.05, 3.63) is 95.6 Å². The molecule has 142 valence electrons. The molecule has 0 saturated heterocycles. The Morgan fingerprint density at radius 2 is 1.68 bits per heavy atom. The number of carboxylic acids is 1. The standard InChI is InChI=1S/C23H23N3O2/c1-2-26(17-19-6-4-3-5-7-19)22-14-8-18(9-15-22)16-24-25-21-12-10-20(11-13-21)23(27)28/h3-16,25H,2,17H2,1H3,(H,27,28)/b24-16-. The monoisotopic (exact) mass is 373 g/mol. The molecule has 0 aliphatic heterocycles. The van der Waals surface area contributed by atoms with Crippen LogP contribution in [0.1, 0.15) is 28.4 Å². The zero-order valence-electron chi connectivity index (χ0n) is 15.7. The Morgan fingerprint density at radius 3 is 2.29 bits per heavy atom. The van der Waals surface area contributed by atoms with E-state index in [1.165, 1.54) is 11.3 Å². The molecule has 0 fully saturated rings. The average Bonchev–Trinajstić information content (AvgIpc) is 2.74. The topological polar surface area (TPSA) is 64.9 Å². The van der Waals surface area contributed by atoms with E-state index in [1.807, 2.05) is 18.2 Å². The van der Waals surface area contributed by atoms with Gasteiger partial charge in [-0.25, -0.2) is 4.79 Å². The molecule has 0 saturated carbocycles. The Hall–Kier alpha value is -3.60. The number of anilines is 2. The van der Waals surface area contributed by atoms with Crippen molar-refractivity contribution in [3.8, 4) is 0 Å². The molecule has 0 atom stereocenters. The van der Waals surface area contributed by atoms with Crippen LogP contribution in [-0.2, 0) is 6.54 Å². The van der Waals surface area contributed by atoms with Gasteiger partial charge < -0.3 is 10.0 Å². The zero-order chi connectivity index (χ0) is 19.8. The number of rotatable bonds is 8. The largest absolute Gasteiger partial charge is 0.478 e. The highest BCUT2D eigenvalue weighted by atomic mass is 16.4. The third-order valence-corrected chi connectivity index (χ3v) is 4.40. The van der Waals surface area contributed by atoms with Crippen LogP contribution in [0.5, 0.6) is 0 Å². The molecule has 3 aromatic rings. The third-order valence-electron chi connectivity index (χ3n) is 4.40. The molecule has 0 spiro atoms. The molecule has 5 heteroatoms. The summed E-state index contributed by atoms with van der Waals surface area (Å²) in [5.41, 5.74) is 7.33. The fourth-order valence-electron chi connectivity index (χ4n) is 2.83.